The van der Waals surface area contributed by atoms with Crippen LogP contribution in [0.3, 0.4) is 0 Å². The van der Waals surface area contributed by atoms with E-state index in [2.05, 4.69) is 43.6 Å². The fourth-order valence-electron chi connectivity index (χ4n) is 3.99. The van der Waals surface area contributed by atoms with Gasteiger partial charge in [-0.2, -0.15) is 5.10 Å². The highest BCUT2D eigenvalue weighted by atomic mass is 16.2. The van der Waals surface area contributed by atoms with E-state index < -0.39 is 0 Å². The van der Waals surface area contributed by atoms with Crippen molar-refractivity contribution in [3.63, 3.8) is 0 Å². The molecule has 4 rings (SSSR count). The number of nitrogens with zero attached hydrogens (tertiary/aromatic N) is 5. The Bertz CT molecular complexity index is 791. The van der Waals surface area contributed by atoms with Crippen molar-refractivity contribution in [1.29, 1.82) is 0 Å². The van der Waals surface area contributed by atoms with Gasteiger partial charge in [-0.3, -0.25) is 9.48 Å². The van der Waals surface area contributed by atoms with Gasteiger partial charge in [0.1, 0.15) is 17.8 Å². The Morgan fingerprint density at radius 2 is 2.14 bits per heavy atom. The summed E-state index contributed by atoms with van der Waals surface area (Å²) in [7, 11) is 0. The van der Waals surface area contributed by atoms with Crippen LogP contribution in [-0.4, -0.2) is 57.9 Å². The molecule has 1 amide bonds. The maximum absolute atomic E-state index is 12.6. The highest BCUT2D eigenvalue weighted by molar-refractivity contribution is 5.92. The van der Waals surface area contributed by atoms with Gasteiger partial charge in [0.05, 0.1) is 6.04 Å². The number of rotatable bonds is 5. The van der Waals surface area contributed by atoms with Gasteiger partial charge in [-0.1, -0.05) is 6.92 Å². The van der Waals surface area contributed by atoms with Crippen molar-refractivity contribution < 1.29 is 4.79 Å². The van der Waals surface area contributed by atoms with Crippen molar-refractivity contribution >= 4 is 11.7 Å². The molecular formula is C20H29N7O. The first-order chi connectivity index (χ1) is 13.7. The van der Waals surface area contributed by atoms with Crippen molar-refractivity contribution in [3.05, 3.63) is 36.0 Å². The summed E-state index contributed by atoms with van der Waals surface area (Å²) in [5.74, 6) is 0.910. The molecule has 1 unspecified atom stereocenters. The van der Waals surface area contributed by atoms with Gasteiger partial charge in [0.25, 0.3) is 5.91 Å². The topological polar surface area (TPSA) is 88.0 Å². The first kappa shape index (κ1) is 18.9. The Morgan fingerprint density at radius 3 is 2.89 bits per heavy atom. The van der Waals surface area contributed by atoms with Gasteiger partial charge >= 0.3 is 0 Å². The second-order valence-electron chi connectivity index (χ2n) is 7.64. The van der Waals surface area contributed by atoms with E-state index in [1.165, 1.54) is 0 Å². The molecule has 0 radical (unpaired) electrons. The van der Waals surface area contributed by atoms with Crippen LogP contribution >= 0.6 is 0 Å². The lowest BCUT2D eigenvalue weighted by atomic mass is 10.0. The smallest absolute Gasteiger partial charge is 0.271 e. The molecule has 2 N–H and O–H groups in total. The highest BCUT2D eigenvalue weighted by Gasteiger charge is 2.24. The van der Waals surface area contributed by atoms with Gasteiger partial charge in [-0.15, -0.1) is 0 Å². The quantitative estimate of drug-likeness (QED) is 0.815. The molecule has 4 heterocycles. The van der Waals surface area contributed by atoms with Crippen molar-refractivity contribution in [1.82, 2.24) is 30.4 Å². The molecule has 8 nitrogen and oxygen atoms in total. The van der Waals surface area contributed by atoms with Gasteiger partial charge in [-0.05, 0) is 44.7 Å². The molecule has 2 aromatic heterocycles. The predicted molar refractivity (Wildman–Crippen MR) is 107 cm³/mol. The summed E-state index contributed by atoms with van der Waals surface area (Å²) in [5, 5.41) is 11.1. The van der Waals surface area contributed by atoms with Crippen LogP contribution in [0.2, 0.25) is 0 Å². The van der Waals surface area contributed by atoms with Crippen LogP contribution in [0, 0.1) is 0 Å². The summed E-state index contributed by atoms with van der Waals surface area (Å²) >= 11 is 0. The Morgan fingerprint density at radius 1 is 1.29 bits per heavy atom. The van der Waals surface area contributed by atoms with Gasteiger partial charge in [-0.25, -0.2) is 9.97 Å². The van der Waals surface area contributed by atoms with E-state index in [1.54, 1.807) is 6.33 Å². The summed E-state index contributed by atoms with van der Waals surface area (Å²) in [6.45, 7) is 5.85. The number of anilines is 1. The molecule has 8 heteroatoms. The molecule has 0 aliphatic carbocycles. The SMILES string of the molecule is CCc1cc(N2CCC(NC(=O)c3ccn(C4CCCNC4)n3)CC2)ncn1. The molecule has 2 aromatic rings. The number of aryl methyl sites for hydroxylation is 1. The number of hydrogen-bond donors (Lipinski definition) is 2. The lowest BCUT2D eigenvalue weighted by molar-refractivity contribution is 0.0924. The first-order valence-electron chi connectivity index (χ1n) is 10.4. The third-order valence-corrected chi connectivity index (χ3v) is 5.71. The highest BCUT2D eigenvalue weighted by Crippen LogP contribution is 2.19. The average Bonchev–Trinajstić information content (AvgIpc) is 3.25. The number of hydrogen-bond acceptors (Lipinski definition) is 6. The largest absolute Gasteiger partial charge is 0.356 e. The van der Waals surface area contributed by atoms with E-state index >= 15 is 0 Å². The summed E-state index contributed by atoms with van der Waals surface area (Å²) in [6, 6.07) is 4.41. The van der Waals surface area contributed by atoms with E-state index in [1.807, 2.05) is 16.9 Å². The second kappa shape index (κ2) is 8.68. The van der Waals surface area contributed by atoms with Crippen LogP contribution in [-0.2, 0) is 6.42 Å². The third kappa shape index (κ3) is 4.32. The number of aromatic nitrogens is 4. The van der Waals surface area contributed by atoms with Gasteiger partial charge in [0.2, 0.25) is 0 Å². The summed E-state index contributed by atoms with van der Waals surface area (Å²) in [4.78, 5) is 23.5. The zero-order valence-corrected chi connectivity index (χ0v) is 16.5. The minimum Gasteiger partial charge on any atom is -0.356 e. The van der Waals surface area contributed by atoms with Crippen molar-refractivity contribution in [2.24, 2.45) is 0 Å². The molecule has 2 aliphatic heterocycles. The molecule has 0 spiro atoms. The molecule has 2 saturated heterocycles. The standard InChI is InChI=1S/C20H29N7O/c1-2-15-12-19(23-14-22-15)26-9-5-16(6-10-26)24-20(28)18-7-11-27(25-18)17-4-3-8-21-13-17/h7,11-12,14,16-17,21H,2-6,8-10,13H2,1H3,(H,24,28). The normalized spacial score (nSPS) is 20.9. The van der Waals surface area contributed by atoms with Crippen LogP contribution < -0.4 is 15.5 Å². The molecule has 28 heavy (non-hydrogen) atoms. The van der Waals surface area contributed by atoms with E-state index in [0.29, 0.717) is 11.7 Å². The maximum atomic E-state index is 12.6. The maximum Gasteiger partial charge on any atom is 0.271 e. The zero-order valence-electron chi connectivity index (χ0n) is 16.5. The zero-order chi connectivity index (χ0) is 19.3. The van der Waals surface area contributed by atoms with Crippen LogP contribution in [0.1, 0.15) is 54.8 Å². The first-order valence-corrected chi connectivity index (χ1v) is 10.4. The van der Waals surface area contributed by atoms with Gasteiger partial charge in [0.15, 0.2) is 0 Å². The number of piperidine rings is 2. The van der Waals surface area contributed by atoms with Crippen molar-refractivity contribution in [2.45, 2.75) is 51.1 Å². The number of carbonyl (C=O) groups excluding carboxylic acids is 1. The van der Waals surface area contributed by atoms with Gasteiger partial charge < -0.3 is 15.5 Å². The lowest BCUT2D eigenvalue weighted by Crippen LogP contribution is -2.45. The monoisotopic (exact) mass is 383 g/mol. The molecule has 0 saturated carbocycles. The molecule has 2 aliphatic rings. The minimum atomic E-state index is -0.0729. The average molecular weight is 384 g/mol. The number of nitrogens with one attached hydrogen (secondary N) is 2. The molecule has 150 valence electrons. The van der Waals surface area contributed by atoms with E-state index in [0.717, 1.165) is 69.8 Å². The fraction of sp³-hybridized carbons (Fsp3) is 0.600. The van der Waals surface area contributed by atoms with E-state index in [4.69, 9.17) is 0 Å². The lowest BCUT2D eigenvalue weighted by Gasteiger charge is -2.33. The Balaban J connectivity index is 1.29. The van der Waals surface area contributed by atoms with Crippen LogP contribution in [0.5, 0.6) is 0 Å². The fourth-order valence-corrected chi connectivity index (χ4v) is 3.99. The Kier molecular flexibility index (Phi) is 5.85. The summed E-state index contributed by atoms with van der Waals surface area (Å²) < 4.78 is 1.93. The summed E-state index contributed by atoms with van der Waals surface area (Å²) in [5.41, 5.74) is 1.57. The molecule has 1 atom stereocenters. The molecular weight excluding hydrogens is 354 g/mol. The van der Waals surface area contributed by atoms with Crippen molar-refractivity contribution in [2.75, 3.05) is 31.1 Å². The minimum absolute atomic E-state index is 0.0729. The summed E-state index contributed by atoms with van der Waals surface area (Å²) in [6.07, 6.45) is 8.55. The van der Waals surface area contributed by atoms with Crippen LogP contribution in [0.25, 0.3) is 0 Å². The van der Waals surface area contributed by atoms with Crippen LogP contribution in [0.4, 0.5) is 5.82 Å². The number of carbonyl (C=O) groups is 1. The van der Waals surface area contributed by atoms with E-state index in [-0.39, 0.29) is 11.9 Å². The second-order valence-corrected chi connectivity index (χ2v) is 7.64. The Hall–Kier alpha value is -2.48. The van der Waals surface area contributed by atoms with E-state index in [9.17, 15) is 4.79 Å². The number of amides is 1. The van der Waals surface area contributed by atoms with Crippen molar-refractivity contribution in [3.8, 4) is 0 Å². The third-order valence-electron chi connectivity index (χ3n) is 5.71. The molecule has 0 aromatic carbocycles. The predicted octanol–water partition coefficient (Wildman–Crippen LogP) is 1.56. The molecule has 2 fully saturated rings. The molecule has 0 bridgehead atoms. The Labute approximate surface area is 165 Å². The van der Waals surface area contributed by atoms with Crippen LogP contribution in [0.15, 0.2) is 24.7 Å². The van der Waals surface area contributed by atoms with Gasteiger partial charge in [0, 0.05) is 43.6 Å².